The van der Waals surface area contributed by atoms with Gasteiger partial charge in [-0.05, 0) is 20.8 Å². The molecule has 1 atom stereocenters. The number of aliphatic hydroxyl groups is 1. The van der Waals surface area contributed by atoms with E-state index in [0.29, 0.717) is 19.0 Å². The summed E-state index contributed by atoms with van der Waals surface area (Å²) in [7, 11) is 1.59. The minimum Gasteiger partial charge on any atom is -0.459 e. The van der Waals surface area contributed by atoms with Crippen LogP contribution in [0.15, 0.2) is 0 Å². The van der Waals surface area contributed by atoms with Crippen LogP contribution in [0.2, 0.25) is 0 Å². The summed E-state index contributed by atoms with van der Waals surface area (Å²) < 4.78 is 15.1. The molecule has 0 aromatic rings. The largest absolute Gasteiger partial charge is 0.459 e. The molecule has 0 spiro atoms. The molecule has 6 heteroatoms. The first-order valence-electron chi connectivity index (χ1n) is 5.89. The predicted octanol–water partition coefficient (Wildman–Crippen LogP) is 1.09. The quantitative estimate of drug-likeness (QED) is 0.504. The van der Waals surface area contributed by atoms with Gasteiger partial charge in [0.05, 0.1) is 31.7 Å². The molecule has 1 N–H and O–H groups in total. The van der Waals surface area contributed by atoms with Crippen molar-refractivity contribution >= 4 is 17.7 Å². The van der Waals surface area contributed by atoms with Gasteiger partial charge in [-0.2, -0.15) is 0 Å². The van der Waals surface area contributed by atoms with Gasteiger partial charge in [-0.15, -0.1) is 11.8 Å². The van der Waals surface area contributed by atoms with Gasteiger partial charge >= 0.3 is 5.97 Å². The van der Waals surface area contributed by atoms with E-state index in [-0.39, 0.29) is 18.3 Å². The van der Waals surface area contributed by atoms with Crippen molar-refractivity contribution < 1.29 is 24.1 Å². The Kier molecular flexibility index (Phi) is 9.45. The van der Waals surface area contributed by atoms with E-state index in [1.807, 2.05) is 20.8 Å². The number of thioether (sulfide) groups is 1. The number of hydrogen-bond acceptors (Lipinski definition) is 6. The third kappa shape index (κ3) is 12.2. The summed E-state index contributed by atoms with van der Waals surface area (Å²) in [6, 6.07) is 0. The zero-order valence-electron chi connectivity index (χ0n) is 11.6. The van der Waals surface area contributed by atoms with E-state index in [9.17, 15) is 9.90 Å². The van der Waals surface area contributed by atoms with Crippen molar-refractivity contribution in [2.24, 2.45) is 0 Å². The molecular weight excluding hydrogens is 256 g/mol. The van der Waals surface area contributed by atoms with Crippen LogP contribution in [-0.4, -0.2) is 61.2 Å². The first-order chi connectivity index (χ1) is 8.35. The van der Waals surface area contributed by atoms with Gasteiger partial charge in [0.1, 0.15) is 5.60 Å². The second kappa shape index (κ2) is 9.61. The maximum absolute atomic E-state index is 11.4. The van der Waals surface area contributed by atoms with Crippen molar-refractivity contribution in [1.29, 1.82) is 0 Å². The SMILES string of the molecule is COCCOCC(O)CSCC(=O)OC(C)(C)C. The highest BCUT2D eigenvalue weighted by molar-refractivity contribution is 7.99. The van der Waals surface area contributed by atoms with E-state index in [0.717, 1.165) is 0 Å². The van der Waals surface area contributed by atoms with Gasteiger partial charge in [0.2, 0.25) is 0 Å². The van der Waals surface area contributed by atoms with Crippen molar-refractivity contribution in [3.05, 3.63) is 0 Å². The minimum atomic E-state index is -0.575. The lowest BCUT2D eigenvalue weighted by atomic mass is 10.2. The van der Waals surface area contributed by atoms with Crippen molar-refractivity contribution in [2.45, 2.75) is 32.5 Å². The summed E-state index contributed by atoms with van der Waals surface area (Å²) in [6.45, 7) is 6.71. The van der Waals surface area contributed by atoms with Gasteiger partial charge in [-0.25, -0.2) is 0 Å². The Labute approximate surface area is 113 Å². The summed E-state index contributed by atoms with van der Waals surface area (Å²) >= 11 is 1.34. The van der Waals surface area contributed by atoms with Crippen molar-refractivity contribution in [1.82, 2.24) is 0 Å². The molecule has 0 amide bonds. The summed E-state index contributed by atoms with van der Waals surface area (Å²) in [6.07, 6.45) is -0.575. The molecule has 0 saturated heterocycles. The topological polar surface area (TPSA) is 65.0 Å². The number of ether oxygens (including phenoxy) is 3. The van der Waals surface area contributed by atoms with E-state index < -0.39 is 11.7 Å². The van der Waals surface area contributed by atoms with Crippen LogP contribution in [-0.2, 0) is 19.0 Å². The van der Waals surface area contributed by atoms with Crippen molar-refractivity contribution in [3.8, 4) is 0 Å². The number of hydrogen-bond donors (Lipinski definition) is 1. The second-order valence-corrected chi connectivity index (χ2v) is 5.85. The Hall–Kier alpha value is -0.300. The Balaban J connectivity index is 3.50. The van der Waals surface area contributed by atoms with Crippen LogP contribution in [0.4, 0.5) is 0 Å². The van der Waals surface area contributed by atoms with Gasteiger partial charge in [0.15, 0.2) is 0 Å². The maximum Gasteiger partial charge on any atom is 0.316 e. The Morgan fingerprint density at radius 3 is 2.56 bits per heavy atom. The second-order valence-electron chi connectivity index (χ2n) is 4.82. The summed E-state index contributed by atoms with van der Waals surface area (Å²) in [5, 5.41) is 9.56. The average Bonchev–Trinajstić information content (AvgIpc) is 2.22. The molecule has 108 valence electrons. The smallest absolute Gasteiger partial charge is 0.316 e. The Morgan fingerprint density at radius 1 is 1.33 bits per heavy atom. The zero-order valence-corrected chi connectivity index (χ0v) is 12.4. The van der Waals surface area contributed by atoms with Gasteiger partial charge in [-0.1, -0.05) is 0 Å². The van der Waals surface area contributed by atoms with E-state index in [1.165, 1.54) is 11.8 Å². The lowest BCUT2D eigenvalue weighted by Gasteiger charge is -2.19. The van der Waals surface area contributed by atoms with Crippen molar-refractivity contribution in [2.75, 3.05) is 38.4 Å². The van der Waals surface area contributed by atoms with Crippen LogP contribution in [0.5, 0.6) is 0 Å². The molecule has 0 fully saturated rings. The predicted molar refractivity (Wildman–Crippen MR) is 71.9 cm³/mol. The van der Waals surface area contributed by atoms with Gasteiger partial charge in [0.25, 0.3) is 0 Å². The number of carbonyl (C=O) groups is 1. The van der Waals surface area contributed by atoms with Crippen LogP contribution in [0, 0.1) is 0 Å². The van der Waals surface area contributed by atoms with Gasteiger partial charge in [-0.3, -0.25) is 4.79 Å². The fourth-order valence-corrected chi connectivity index (χ4v) is 1.77. The van der Waals surface area contributed by atoms with Crippen LogP contribution < -0.4 is 0 Å². The standard InChI is InChI=1S/C12H24O5S/c1-12(2,3)17-11(14)9-18-8-10(13)7-16-6-5-15-4/h10,13H,5-9H2,1-4H3. The van der Waals surface area contributed by atoms with Crippen LogP contribution in [0.25, 0.3) is 0 Å². The number of methoxy groups -OCH3 is 1. The molecule has 0 saturated carbocycles. The summed E-state index contributed by atoms with van der Waals surface area (Å²) in [5.41, 5.74) is -0.459. The van der Waals surface area contributed by atoms with Crippen LogP contribution >= 0.6 is 11.8 Å². The average molecular weight is 280 g/mol. The monoisotopic (exact) mass is 280 g/mol. The van der Waals surface area contributed by atoms with Crippen LogP contribution in [0.3, 0.4) is 0 Å². The third-order valence-electron chi connectivity index (χ3n) is 1.69. The summed E-state index contributed by atoms with van der Waals surface area (Å²) in [4.78, 5) is 11.4. The maximum atomic E-state index is 11.4. The number of esters is 1. The van der Waals surface area contributed by atoms with Gasteiger partial charge in [0, 0.05) is 12.9 Å². The highest BCUT2D eigenvalue weighted by Gasteiger charge is 2.16. The normalized spacial score (nSPS) is 13.4. The molecule has 0 aliphatic rings. The van der Waals surface area contributed by atoms with E-state index >= 15 is 0 Å². The minimum absolute atomic E-state index is 0.242. The molecule has 0 aliphatic carbocycles. The first-order valence-corrected chi connectivity index (χ1v) is 7.05. The fourth-order valence-electron chi connectivity index (χ4n) is 1.06. The van der Waals surface area contributed by atoms with Crippen LogP contribution in [0.1, 0.15) is 20.8 Å². The lowest BCUT2D eigenvalue weighted by molar-refractivity contribution is -0.151. The zero-order chi connectivity index (χ0) is 14.0. The van der Waals surface area contributed by atoms with E-state index in [2.05, 4.69) is 0 Å². The molecule has 18 heavy (non-hydrogen) atoms. The molecule has 0 aliphatic heterocycles. The third-order valence-corrected chi connectivity index (χ3v) is 2.75. The highest BCUT2D eigenvalue weighted by atomic mass is 32.2. The molecule has 0 rings (SSSR count). The fraction of sp³-hybridized carbons (Fsp3) is 0.917. The molecule has 0 aromatic carbocycles. The first kappa shape index (κ1) is 17.7. The molecule has 0 bridgehead atoms. The van der Waals surface area contributed by atoms with E-state index in [4.69, 9.17) is 14.2 Å². The number of carbonyl (C=O) groups excluding carboxylic acids is 1. The molecule has 0 aromatic heterocycles. The Morgan fingerprint density at radius 2 is 2.00 bits per heavy atom. The van der Waals surface area contributed by atoms with Crippen molar-refractivity contribution in [3.63, 3.8) is 0 Å². The van der Waals surface area contributed by atoms with Gasteiger partial charge < -0.3 is 19.3 Å². The molecule has 5 nitrogen and oxygen atoms in total. The Bertz CT molecular complexity index is 227. The molecule has 0 radical (unpaired) electrons. The molecule has 1 unspecified atom stereocenters. The lowest BCUT2D eigenvalue weighted by Crippen LogP contribution is -2.26. The number of rotatable bonds is 9. The highest BCUT2D eigenvalue weighted by Crippen LogP contribution is 2.10. The number of aliphatic hydroxyl groups excluding tert-OH is 1. The van der Waals surface area contributed by atoms with E-state index in [1.54, 1.807) is 7.11 Å². The molecular formula is C12H24O5S. The summed E-state index contributed by atoms with van der Waals surface area (Å²) in [5.74, 6) is 0.429. The molecule has 0 heterocycles.